The molecule has 0 aromatic heterocycles. The van der Waals surface area contributed by atoms with E-state index in [9.17, 15) is 9.18 Å². The first kappa shape index (κ1) is 14.0. The fraction of sp³-hybridized carbons (Fsp3) is 0.0714. The minimum atomic E-state index is -0.611. The van der Waals surface area contributed by atoms with Crippen molar-refractivity contribution in [2.24, 2.45) is 0 Å². The number of hydrogen-bond acceptors (Lipinski definition) is 1. The molecule has 0 aliphatic heterocycles. The van der Waals surface area contributed by atoms with Crippen molar-refractivity contribution in [1.82, 2.24) is 0 Å². The van der Waals surface area contributed by atoms with E-state index >= 15 is 0 Å². The van der Waals surface area contributed by atoms with Gasteiger partial charge in [0.1, 0.15) is 5.82 Å². The third-order valence-corrected chi connectivity index (χ3v) is 3.96. The molecule has 98 valence electrons. The van der Waals surface area contributed by atoms with Crippen LogP contribution in [0.1, 0.15) is 15.9 Å². The summed E-state index contributed by atoms with van der Waals surface area (Å²) in [6, 6.07) is 9.59. The number of halogens is 3. The van der Waals surface area contributed by atoms with Gasteiger partial charge in [0.15, 0.2) is 0 Å². The maximum absolute atomic E-state index is 13.3. The molecular weight excluding hydrogens is 333 g/mol. The van der Waals surface area contributed by atoms with Crippen LogP contribution in [0.4, 0.5) is 10.1 Å². The van der Waals surface area contributed by atoms with E-state index in [4.69, 9.17) is 11.6 Å². The minimum Gasteiger partial charge on any atom is -0.322 e. The summed E-state index contributed by atoms with van der Waals surface area (Å²) in [4.78, 5) is 12.1. The van der Waals surface area contributed by atoms with Gasteiger partial charge in [0, 0.05) is 10.2 Å². The zero-order valence-corrected chi connectivity index (χ0v) is 12.3. The summed E-state index contributed by atoms with van der Waals surface area (Å²) in [7, 11) is 0. The van der Waals surface area contributed by atoms with Gasteiger partial charge in [0.05, 0.1) is 10.6 Å². The SMILES string of the molecule is Cc1c(Br)cccc1NC(=O)c1cccc(F)c1Cl. The summed E-state index contributed by atoms with van der Waals surface area (Å²) in [5.74, 6) is -1.05. The van der Waals surface area contributed by atoms with Gasteiger partial charge >= 0.3 is 0 Å². The lowest BCUT2D eigenvalue weighted by Gasteiger charge is -2.10. The van der Waals surface area contributed by atoms with Crippen molar-refractivity contribution in [3.63, 3.8) is 0 Å². The van der Waals surface area contributed by atoms with Gasteiger partial charge in [0.25, 0.3) is 5.91 Å². The Labute approximate surface area is 123 Å². The van der Waals surface area contributed by atoms with Gasteiger partial charge in [-0.25, -0.2) is 4.39 Å². The van der Waals surface area contributed by atoms with Crippen LogP contribution in [-0.2, 0) is 0 Å². The normalized spacial score (nSPS) is 10.3. The zero-order valence-electron chi connectivity index (χ0n) is 10.0. The lowest BCUT2D eigenvalue weighted by Crippen LogP contribution is -2.13. The first-order valence-electron chi connectivity index (χ1n) is 5.51. The van der Waals surface area contributed by atoms with Crippen molar-refractivity contribution >= 4 is 39.1 Å². The number of amides is 1. The molecular formula is C14H10BrClFNO. The minimum absolute atomic E-state index is 0.112. The summed E-state index contributed by atoms with van der Waals surface area (Å²) < 4.78 is 14.2. The third-order valence-electron chi connectivity index (χ3n) is 2.71. The molecule has 2 aromatic rings. The van der Waals surface area contributed by atoms with E-state index < -0.39 is 11.7 Å². The third kappa shape index (κ3) is 2.96. The Morgan fingerprint density at radius 2 is 1.95 bits per heavy atom. The molecule has 0 aliphatic carbocycles. The van der Waals surface area contributed by atoms with E-state index in [-0.39, 0.29) is 10.6 Å². The van der Waals surface area contributed by atoms with Crippen molar-refractivity contribution in [2.45, 2.75) is 6.92 Å². The largest absolute Gasteiger partial charge is 0.322 e. The first-order chi connectivity index (χ1) is 9.00. The predicted molar refractivity (Wildman–Crippen MR) is 78.2 cm³/mol. The molecule has 2 rings (SSSR count). The second-order valence-corrected chi connectivity index (χ2v) is 5.20. The lowest BCUT2D eigenvalue weighted by atomic mass is 10.1. The van der Waals surface area contributed by atoms with Gasteiger partial charge in [-0.15, -0.1) is 0 Å². The van der Waals surface area contributed by atoms with Gasteiger partial charge in [-0.05, 0) is 36.8 Å². The van der Waals surface area contributed by atoms with Gasteiger partial charge in [0.2, 0.25) is 0 Å². The van der Waals surface area contributed by atoms with Gasteiger partial charge in [-0.1, -0.05) is 39.7 Å². The molecule has 0 spiro atoms. The van der Waals surface area contributed by atoms with Crippen LogP contribution in [0.5, 0.6) is 0 Å². The molecule has 0 heterocycles. The Morgan fingerprint density at radius 3 is 2.68 bits per heavy atom. The first-order valence-corrected chi connectivity index (χ1v) is 6.68. The highest BCUT2D eigenvalue weighted by Crippen LogP contribution is 2.25. The molecule has 0 fully saturated rings. The van der Waals surface area contributed by atoms with E-state index in [0.29, 0.717) is 5.69 Å². The summed E-state index contributed by atoms with van der Waals surface area (Å²) >= 11 is 9.16. The highest BCUT2D eigenvalue weighted by molar-refractivity contribution is 9.10. The molecule has 0 saturated heterocycles. The van der Waals surface area contributed by atoms with Crippen molar-refractivity contribution in [3.05, 3.63) is 62.8 Å². The maximum Gasteiger partial charge on any atom is 0.257 e. The summed E-state index contributed by atoms with van der Waals surface area (Å²) in [5, 5.41) is 2.54. The van der Waals surface area contributed by atoms with E-state index in [0.717, 1.165) is 10.0 Å². The van der Waals surface area contributed by atoms with Crippen molar-refractivity contribution < 1.29 is 9.18 Å². The molecule has 19 heavy (non-hydrogen) atoms. The summed E-state index contributed by atoms with van der Waals surface area (Å²) in [6.07, 6.45) is 0. The topological polar surface area (TPSA) is 29.1 Å². The highest BCUT2D eigenvalue weighted by atomic mass is 79.9. The van der Waals surface area contributed by atoms with Crippen molar-refractivity contribution in [1.29, 1.82) is 0 Å². The van der Waals surface area contributed by atoms with E-state index in [2.05, 4.69) is 21.2 Å². The Kier molecular flexibility index (Phi) is 4.22. The average molecular weight is 343 g/mol. The van der Waals surface area contributed by atoms with Crippen LogP contribution in [0.2, 0.25) is 5.02 Å². The molecule has 0 bridgehead atoms. The van der Waals surface area contributed by atoms with Crippen molar-refractivity contribution in [3.8, 4) is 0 Å². The number of rotatable bonds is 2. The Morgan fingerprint density at radius 1 is 1.26 bits per heavy atom. The quantitative estimate of drug-likeness (QED) is 0.834. The van der Waals surface area contributed by atoms with E-state index in [1.165, 1.54) is 18.2 Å². The molecule has 5 heteroatoms. The number of nitrogens with one attached hydrogen (secondary N) is 1. The molecule has 0 radical (unpaired) electrons. The molecule has 0 atom stereocenters. The molecule has 0 aliphatic rings. The molecule has 1 N–H and O–H groups in total. The van der Waals surface area contributed by atoms with Crippen LogP contribution in [0.3, 0.4) is 0 Å². The van der Waals surface area contributed by atoms with Crippen LogP contribution in [0, 0.1) is 12.7 Å². The maximum atomic E-state index is 13.3. The van der Waals surface area contributed by atoms with Gasteiger partial charge < -0.3 is 5.32 Å². The number of carbonyl (C=O) groups excluding carboxylic acids is 1. The smallest absolute Gasteiger partial charge is 0.257 e. The van der Waals surface area contributed by atoms with Crippen LogP contribution in [-0.4, -0.2) is 5.91 Å². The number of hydrogen-bond donors (Lipinski definition) is 1. The van der Waals surface area contributed by atoms with Crippen LogP contribution in [0.25, 0.3) is 0 Å². The highest BCUT2D eigenvalue weighted by Gasteiger charge is 2.14. The van der Waals surface area contributed by atoms with Crippen LogP contribution < -0.4 is 5.32 Å². The standard InChI is InChI=1S/C14H10BrClFNO/c1-8-10(15)5-3-7-12(8)18-14(19)9-4-2-6-11(17)13(9)16/h2-7H,1H3,(H,18,19). The van der Waals surface area contributed by atoms with E-state index in [1.54, 1.807) is 12.1 Å². The van der Waals surface area contributed by atoms with Crippen LogP contribution in [0.15, 0.2) is 40.9 Å². The van der Waals surface area contributed by atoms with Gasteiger partial charge in [-0.2, -0.15) is 0 Å². The predicted octanol–water partition coefficient (Wildman–Crippen LogP) is 4.80. The number of anilines is 1. The molecule has 0 unspecified atom stereocenters. The summed E-state index contributed by atoms with van der Waals surface area (Å²) in [5.41, 5.74) is 1.66. The van der Waals surface area contributed by atoms with Crippen molar-refractivity contribution in [2.75, 3.05) is 5.32 Å². The monoisotopic (exact) mass is 341 g/mol. The number of carbonyl (C=O) groups is 1. The Hall–Kier alpha value is -1.39. The molecule has 1 amide bonds. The fourth-order valence-corrected chi connectivity index (χ4v) is 2.19. The molecule has 2 aromatic carbocycles. The lowest BCUT2D eigenvalue weighted by molar-refractivity contribution is 0.102. The second-order valence-electron chi connectivity index (χ2n) is 3.97. The molecule has 0 saturated carbocycles. The van der Waals surface area contributed by atoms with Gasteiger partial charge in [-0.3, -0.25) is 4.79 Å². The van der Waals surface area contributed by atoms with Crippen LogP contribution >= 0.6 is 27.5 Å². The fourth-order valence-electron chi connectivity index (χ4n) is 1.61. The molecule has 2 nitrogen and oxygen atoms in total. The Bertz CT molecular complexity index is 645. The summed E-state index contributed by atoms with van der Waals surface area (Å²) in [6.45, 7) is 1.87. The Balaban J connectivity index is 2.31. The second kappa shape index (κ2) is 5.72. The zero-order chi connectivity index (χ0) is 14.0. The number of benzene rings is 2. The van der Waals surface area contributed by atoms with E-state index in [1.807, 2.05) is 13.0 Å². The average Bonchev–Trinajstić information content (AvgIpc) is 2.38.